The molecule has 108 valence electrons. The van der Waals surface area contributed by atoms with Crippen molar-refractivity contribution in [2.75, 3.05) is 0 Å². The third kappa shape index (κ3) is 5.60. The maximum absolute atomic E-state index is 11.7. The molecule has 2 N–H and O–H groups in total. The Hall–Kier alpha value is -2.24. The molecule has 0 aliphatic heterocycles. The van der Waals surface area contributed by atoms with E-state index in [4.69, 9.17) is 0 Å². The summed E-state index contributed by atoms with van der Waals surface area (Å²) >= 11 is 0. The summed E-state index contributed by atoms with van der Waals surface area (Å²) < 4.78 is 0. The standard InChI is InChI=1S/C14H20N4O2/c1-4-10(2)16-13(19)9-11(3)17-18-14(20)12-5-7-15-8-6-12/h5-8,10H,4,9H2,1-3H3,(H,16,19)(H,18,20)/b17-11+/t10-/m0/s1. The number of amides is 2. The van der Waals surface area contributed by atoms with Crippen LogP contribution in [0.25, 0.3) is 0 Å². The summed E-state index contributed by atoms with van der Waals surface area (Å²) in [7, 11) is 0. The second-order valence-electron chi connectivity index (χ2n) is 4.58. The predicted octanol–water partition coefficient (Wildman–Crippen LogP) is 1.49. The summed E-state index contributed by atoms with van der Waals surface area (Å²) in [5.41, 5.74) is 3.43. The fraction of sp³-hybridized carbons (Fsp3) is 0.429. The van der Waals surface area contributed by atoms with Gasteiger partial charge in [-0.15, -0.1) is 0 Å². The number of hydrogen-bond donors (Lipinski definition) is 2. The van der Waals surface area contributed by atoms with Crippen LogP contribution in [-0.2, 0) is 4.79 Å². The monoisotopic (exact) mass is 276 g/mol. The number of carbonyl (C=O) groups excluding carboxylic acids is 2. The zero-order valence-electron chi connectivity index (χ0n) is 12.0. The molecule has 0 aromatic carbocycles. The van der Waals surface area contributed by atoms with Gasteiger partial charge < -0.3 is 5.32 Å². The summed E-state index contributed by atoms with van der Waals surface area (Å²) in [4.78, 5) is 27.2. The van der Waals surface area contributed by atoms with Crippen LogP contribution in [0.3, 0.4) is 0 Å². The van der Waals surface area contributed by atoms with E-state index in [0.717, 1.165) is 6.42 Å². The summed E-state index contributed by atoms with van der Waals surface area (Å²) in [6.07, 6.45) is 4.11. The van der Waals surface area contributed by atoms with Gasteiger partial charge in [-0.05, 0) is 32.4 Å². The number of rotatable bonds is 6. The average Bonchev–Trinajstić information content (AvgIpc) is 2.45. The molecule has 1 heterocycles. The van der Waals surface area contributed by atoms with Gasteiger partial charge in [0.15, 0.2) is 0 Å². The van der Waals surface area contributed by atoms with E-state index >= 15 is 0 Å². The van der Waals surface area contributed by atoms with Crippen LogP contribution in [0.15, 0.2) is 29.6 Å². The van der Waals surface area contributed by atoms with Gasteiger partial charge in [-0.3, -0.25) is 14.6 Å². The molecule has 1 aromatic heterocycles. The first kappa shape index (κ1) is 15.8. The van der Waals surface area contributed by atoms with Crippen molar-refractivity contribution in [2.45, 2.75) is 39.7 Å². The second-order valence-corrected chi connectivity index (χ2v) is 4.58. The Labute approximate surface area is 118 Å². The van der Waals surface area contributed by atoms with Gasteiger partial charge in [-0.25, -0.2) is 5.43 Å². The van der Waals surface area contributed by atoms with Crippen molar-refractivity contribution in [3.63, 3.8) is 0 Å². The highest BCUT2D eigenvalue weighted by atomic mass is 16.2. The molecule has 0 bridgehead atoms. The quantitative estimate of drug-likeness (QED) is 0.610. The van der Waals surface area contributed by atoms with Crippen LogP contribution >= 0.6 is 0 Å². The number of carbonyl (C=O) groups is 2. The number of hydrazone groups is 1. The summed E-state index contributed by atoms with van der Waals surface area (Å²) in [5.74, 6) is -0.423. The highest BCUT2D eigenvalue weighted by molar-refractivity contribution is 6.01. The van der Waals surface area contributed by atoms with E-state index in [1.165, 1.54) is 12.4 Å². The van der Waals surface area contributed by atoms with E-state index < -0.39 is 0 Å². The van der Waals surface area contributed by atoms with Crippen molar-refractivity contribution < 1.29 is 9.59 Å². The van der Waals surface area contributed by atoms with Gasteiger partial charge in [0.25, 0.3) is 5.91 Å². The average molecular weight is 276 g/mol. The van der Waals surface area contributed by atoms with E-state index in [0.29, 0.717) is 11.3 Å². The Bertz CT molecular complexity index is 485. The molecule has 6 nitrogen and oxygen atoms in total. The van der Waals surface area contributed by atoms with Gasteiger partial charge >= 0.3 is 0 Å². The van der Waals surface area contributed by atoms with Crippen molar-refractivity contribution in [1.29, 1.82) is 0 Å². The summed E-state index contributed by atoms with van der Waals surface area (Å²) in [6.45, 7) is 5.64. The van der Waals surface area contributed by atoms with Crippen molar-refractivity contribution in [3.05, 3.63) is 30.1 Å². The molecule has 0 spiro atoms. The van der Waals surface area contributed by atoms with Crippen molar-refractivity contribution in [1.82, 2.24) is 15.7 Å². The minimum absolute atomic E-state index is 0.0984. The number of pyridine rings is 1. The molecule has 0 saturated heterocycles. The molecule has 0 saturated carbocycles. The minimum atomic E-state index is -0.325. The third-order valence-corrected chi connectivity index (χ3v) is 2.73. The molecule has 1 aromatic rings. The SMILES string of the molecule is CC[C@H](C)NC(=O)C/C(C)=N/NC(=O)c1ccncc1. The highest BCUT2D eigenvalue weighted by Crippen LogP contribution is 1.96. The molecule has 0 radical (unpaired) electrons. The van der Waals surface area contributed by atoms with Gasteiger partial charge in [-0.2, -0.15) is 5.10 Å². The predicted molar refractivity (Wildman–Crippen MR) is 77.3 cm³/mol. The van der Waals surface area contributed by atoms with Crippen molar-refractivity contribution in [2.24, 2.45) is 5.10 Å². The Balaban J connectivity index is 2.46. The maximum Gasteiger partial charge on any atom is 0.271 e. The molecule has 1 atom stereocenters. The van der Waals surface area contributed by atoms with E-state index in [-0.39, 0.29) is 24.3 Å². The Kier molecular flexibility index (Phi) is 6.36. The first-order chi connectivity index (χ1) is 9.52. The molecule has 6 heteroatoms. The fourth-order valence-electron chi connectivity index (χ4n) is 1.41. The molecule has 0 aliphatic rings. The number of hydrogen-bond acceptors (Lipinski definition) is 4. The molecule has 2 amide bonds. The van der Waals surface area contributed by atoms with E-state index in [1.54, 1.807) is 19.1 Å². The maximum atomic E-state index is 11.7. The van der Waals surface area contributed by atoms with Crippen LogP contribution < -0.4 is 10.7 Å². The summed E-state index contributed by atoms with van der Waals surface area (Å²) in [6, 6.07) is 3.33. The third-order valence-electron chi connectivity index (χ3n) is 2.73. The lowest BCUT2D eigenvalue weighted by atomic mass is 10.2. The van der Waals surface area contributed by atoms with Gasteiger partial charge in [0, 0.05) is 29.7 Å². The van der Waals surface area contributed by atoms with Crippen LogP contribution in [0, 0.1) is 0 Å². The molecule has 0 fully saturated rings. The molecule has 0 aliphatic carbocycles. The van der Waals surface area contributed by atoms with Crippen LogP contribution in [0.5, 0.6) is 0 Å². The lowest BCUT2D eigenvalue weighted by Gasteiger charge is -2.10. The largest absolute Gasteiger partial charge is 0.353 e. The van der Waals surface area contributed by atoms with Crippen molar-refractivity contribution in [3.8, 4) is 0 Å². The first-order valence-corrected chi connectivity index (χ1v) is 6.55. The van der Waals surface area contributed by atoms with E-state index in [9.17, 15) is 9.59 Å². The van der Waals surface area contributed by atoms with Gasteiger partial charge in [-0.1, -0.05) is 6.92 Å². The number of nitrogens with one attached hydrogen (secondary N) is 2. The van der Waals surface area contributed by atoms with Crippen molar-refractivity contribution >= 4 is 17.5 Å². The minimum Gasteiger partial charge on any atom is -0.353 e. The zero-order valence-corrected chi connectivity index (χ0v) is 12.0. The molecular formula is C14H20N4O2. The summed E-state index contributed by atoms with van der Waals surface area (Å²) in [5, 5.41) is 6.75. The van der Waals surface area contributed by atoms with Gasteiger partial charge in [0.2, 0.25) is 5.91 Å². The van der Waals surface area contributed by atoms with E-state index in [2.05, 4.69) is 20.8 Å². The van der Waals surface area contributed by atoms with Crippen LogP contribution in [0.1, 0.15) is 44.0 Å². The highest BCUT2D eigenvalue weighted by Gasteiger charge is 2.08. The molecule has 1 rings (SSSR count). The number of aromatic nitrogens is 1. The Morgan fingerprint density at radius 3 is 2.60 bits per heavy atom. The molecule has 0 unspecified atom stereocenters. The van der Waals surface area contributed by atoms with Crippen LogP contribution in [-0.4, -0.2) is 28.6 Å². The molecular weight excluding hydrogens is 256 g/mol. The normalized spacial score (nSPS) is 12.7. The van der Waals surface area contributed by atoms with Crippen LogP contribution in [0.4, 0.5) is 0 Å². The first-order valence-electron chi connectivity index (χ1n) is 6.55. The lowest BCUT2D eigenvalue weighted by Crippen LogP contribution is -2.33. The lowest BCUT2D eigenvalue weighted by molar-refractivity contribution is -0.120. The topological polar surface area (TPSA) is 83.5 Å². The zero-order chi connectivity index (χ0) is 15.0. The second kappa shape index (κ2) is 8.04. The Morgan fingerprint density at radius 2 is 2.00 bits per heavy atom. The molecule has 20 heavy (non-hydrogen) atoms. The van der Waals surface area contributed by atoms with E-state index in [1.807, 2.05) is 13.8 Å². The number of nitrogens with zero attached hydrogens (tertiary/aromatic N) is 2. The Morgan fingerprint density at radius 1 is 1.35 bits per heavy atom. The fourth-order valence-corrected chi connectivity index (χ4v) is 1.41. The smallest absolute Gasteiger partial charge is 0.271 e. The van der Waals surface area contributed by atoms with Crippen LogP contribution in [0.2, 0.25) is 0 Å². The van der Waals surface area contributed by atoms with Gasteiger partial charge in [0.1, 0.15) is 0 Å². The van der Waals surface area contributed by atoms with Gasteiger partial charge in [0.05, 0.1) is 6.42 Å².